The second-order valence-electron chi connectivity index (χ2n) is 15.7. The molecular formula is C58H38N2S. The number of anilines is 3. The molecule has 3 heteroatoms. The van der Waals surface area contributed by atoms with Gasteiger partial charge in [0.2, 0.25) is 0 Å². The molecule has 2 heterocycles. The van der Waals surface area contributed by atoms with E-state index >= 15 is 0 Å². The second kappa shape index (κ2) is 14.5. The maximum Gasteiger partial charge on any atom is 0.0541 e. The SMILES string of the molecule is c1ccc(-c2cccc(N(c3cccc(-c4cccc5ccccc45)c3)c3cc(-c4ccccc4-n4c5ccccc5c5ccccc54)c4sc5ccccc5c4c3)c2)cc1. The summed E-state index contributed by atoms with van der Waals surface area (Å²) in [5, 5.41) is 7.50. The first-order chi connectivity index (χ1) is 30.3. The molecule has 2 aromatic heterocycles. The van der Waals surface area contributed by atoms with Crippen molar-refractivity contribution >= 4 is 81.1 Å². The van der Waals surface area contributed by atoms with Crippen LogP contribution >= 0.6 is 11.3 Å². The summed E-state index contributed by atoms with van der Waals surface area (Å²) in [6.45, 7) is 0. The van der Waals surface area contributed by atoms with Gasteiger partial charge in [0.15, 0.2) is 0 Å². The van der Waals surface area contributed by atoms with Crippen molar-refractivity contribution in [3.63, 3.8) is 0 Å². The van der Waals surface area contributed by atoms with E-state index in [1.54, 1.807) is 0 Å². The number of nitrogens with zero attached hydrogens (tertiary/aromatic N) is 2. The van der Waals surface area contributed by atoms with E-state index in [4.69, 9.17) is 0 Å². The van der Waals surface area contributed by atoms with Crippen LogP contribution in [0.4, 0.5) is 17.1 Å². The Morgan fingerprint density at radius 1 is 0.328 bits per heavy atom. The number of hydrogen-bond acceptors (Lipinski definition) is 2. The van der Waals surface area contributed by atoms with Gasteiger partial charge in [-0.05, 0) is 93.7 Å². The van der Waals surface area contributed by atoms with Crippen molar-refractivity contribution < 1.29 is 0 Å². The molecule has 0 spiro atoms. The highest BCUT2D eigenvalue weighted by molar-refractivity contribution is 7.26. The minimum atomic E-state index is 1.09. The third-order valence-corrected chi connectivity index (χ3v) is 13.4. The van der Waals surface area contributed by atoms with E-state index in [0.717, 1.165) is 22.7 Å². The monoisotopic (exact) mass is 794 g/mol. The van der Waals surface area contributed by atoms with Crippen LogP contribution in [-0.2, 0) is 0 Å². The Morgan fingerprint density at radius 2 is 0.885 bits per heavy atom. The molecule has 12 aromatic rings. The first-order valence-corrected chi connectivity index (χ1v) is 21.7. The van der Waals surface area contributed by atoms with E-state index in [1.165, 1.54) is 86.1 Å². The van der Waals surface area contributed by atoms with Crippen LogP contribution in [-0.4, -0.2) is 4.57 Å². The van der Waals surface area contributed by atoms with Crippen LogP contribution in [0, 0.1) is 0 Å². The van der Waals surface area contributed by atoms with Crippen LogP contribution in [0.15, 0.2) is 231 Å². The molecule has 0 unspecified atom stereocenters. The summed E-state index contributed by atoms with van der Waals surface area (Å²) < 4.78 is 5.02. The average molecular weight is 795 g/mol. The number of rotatable bonds is 7. The van der Waals surface area contributed by atoms with Crippen molar-refractivity contribution in [2.24, 2.45) is 0 Å². The molecule has 0 radical (unpaired) electrons. The molecule has 286 valence electrons. The fraction of sp³-hybridized carbons (Fsp3) is 0. The van der Waals surface area contributed by atoms with Crippen LogP contribution in [0.2, 0.25) is 0 Å². The molecule has 0 aliphatic heterocycles. The maximum absolute atomic E-state index is 2.46. The zero-order chi connectivity index (χ0) is 40.3. The summed E-state index contributed by atoms with van der Waals surface area (Å²) in [5.41, 5.74) is 14.0. The van der Waals surface area contributed by atoms with E-state index in [9.17, 15) is 0 Å². The Morgan fingerprint density at radius 3 is 1.67 bits per heavy atom. The molecule has 10 aromatic carbocycles. The highest BCUT2D eigenvalue weighted by Crippen LogP contribution is 2.48. The van der Waals surface area contributed by atoms with Crippen LogP contribution in [0.3, 0.4) is 0 Å². The first-order valence-electron chi connectivity index (χ1n) is 20.8. The Balaban J connectivity index is 1.14. The van der Waals surface area contributed by atoms with Gasteiger partial charge in [-0.15, -0.1) is 11.3 Å². The van der Waals surface area contributed by atoms with Gasteiger partial charge in [-0.2, -0.15) is 0 Å². The van der Waals surface area contributed by atoms with E-state index in [1.807, 2.05) is 11.3 Å². The van der Waals surface area contributed by atoms with Crippen molar-refractivity contribution in [2.75, 3.05) is 4.90 Å². The fourth-order valence-electron chi connectivity index (χ4n) is 9.41. The largest absolute Gasteiger partial charge is 0.310 e. The third kappa shape index (κ3) is 5.93. The van der Waals surface area contributed by atoms with Gasteiger partial charge in [0.1, 0.15) is 0 Å². The number of fused-ring (bicyclic) bond motifs is 7. The standard InChI is InChI=1S/C58H38N2S/c1-2-17-39(18-3-1)41-21-14-23-43(35-41)59(44-24-15-22-42(36-44)47-30-16-20-40-19-4-5-25-46(40)47)45-37-52(58-53(38-45)51-29-9-13-34-57(51)61-58)50-28-8-12-33-56(50)60-54-31-10-6-26-48(54)49-27-7-11-32-55(49)60/h1-38H. The topological polar surface area (TPSA) is 8.17 Å². The van der Waals surface area contributed by atoms with Gasteiger partial charge in [0.25, 0.3) is 0 Å². The molecular weight excluding hydrogens is 757 g/mol. The van der Waals surface area contributed by atoms with E-state index < -0.39 is 0 Å². The molecule has 0 N–H and O–H groups in total. The fourth-order valence-corrected chi connectivity index (χ4v) is 10.6. The summed E-state index contributed by atoms with van der Waals surface area (Å²) in [7, 11) is 0. The number of benzene rings is 10. The Hall–Kier alpha value is -7.72. The highest BCUT2D eigenvalue weighted by atomic mass is 32.1. The van der Waals surface area contributed by atoms with Gasteiger partial charge in [-0.1, -0.05) is 170 Å². The molecule has 0 fully saturated rings. The lowest BCUT2D eigenvalue weighted by Gasteiger charge is -2.28. The predicted molar refractivity (Wildman–Crippen MR) is 262 cm³/mol. The van der Waals surface area contributed by atoms with E-state index in [-0.39, 0.29) is 0 Å². The normalized spacial score (nSPS) is 11.6. The van der Waals surface area contributed by atoms with Crippen molar-refractivity contribution in [1.82, 2.24) is 4.57 Å². The van der Waals surface area contributed by atoms with Crippen molar-refractivity contribution in [3.05, 3.63) is 231 Å². The highest BCUT2D eigenvalue weighted by Gasteiger charge is 2.22. The van der Waals surface area contributed by atoms with Crippen molar-refractivity contribution in [2.45, 2.75) is 0 Å². The molecule has 0 saturated carbocycles. The van der Waals surface area contributed by atoms with Gasteiger partial charge in [-0.25, -0.2) is 0 Å². The predicted octanol–water partition coefficient (Wildman–Crippen LogP) is 16.8. The molecule has 0 amide bonds. The molecule has 12 rings (SSSR count). The number of aromatic nitrogens is 1. The zero-order valence-corrected chi connectivity index (χ0v) is 34.1. The Labute approximate surface area is 358 Å². The first kappa shape index (κ1) is 35.2. The second-order valence-corrected chi connectivity index (χ2v) is 16.7. The summed E-state index contributed by atoms with van der Waals surface area (Å²) >= 11 is 1.88. The molecule has 0 aliphatic carbocycles. The van der Waals surface area contributed by atoms with E-state index in [2.05, 4.69) is 240 Å². The Kier molecular flexibility index (Phi) is 8.39. The van der Waals surface area contributed by atoms with Gasteiger partial charge in [-0.3, -0.25) is 0 Å². The van der Waals surface area contributed by atoms with Crippen molar-refractivity contribution in [3.8, 4) is 39.1 Å². The number of thiophene rings is 1. The minimum Gasteiger partial charge on any atom is -0.310 e. The lowest BCUT2D eigenvalue weighted by Crippen LogP contribution is -2.10. The smallest absolute Gasteiger partial charge is 0.0541 e. The molecule has 0 bridgehead atoms. The summed E-state index contributed by atoms with van der Waals surface area (Å²) in [6.07, 6.45) is 0. The van der Waals surface area contributed by atoms with Crippen LogP contribution < -0.4 is 4.90 Å². The molecule has 0 saturated heterocycles. The summed E-state index contributed by atoms with van der Waals surface area (Å²) in [4.78, 5) is 2.46. The van der Waals surface area contributed by atoms with Gasteiger partial charge >= 0.3 is 0 Å². The van der Waals surface area contributed by atoms with Gasteiger partial charge < -0.3 is 9.47 Å². The summed E-state index contributed by atoms with van der Waals surface area (Å²) in [6, 6.07) is 84.3. The van der Waals surface area contributed by atoms with Crippen LogP contribution in [0.25, 0.3) is 91.8 Å². The quantitative estimate of drug-likeness (QED) is 0.156. The lowest BCUT2D eigenvalue weighted by molar-refractivity contribution is 1.18. The van der Waals surface area contributed by atoms with Gasteiger partial charge in [0, 0.05) is 59.1 Å². The molecule has 2 nitrogen and oxygen atoms in total. The molecule has 0 atom stereocenters. The third-order valence-electron chi connectivity index (χ3n) is 12.2. The van der Waals surface area contributed by atoms with Gasteiger partial charge in [0.05, 0.1) is 16.7 Å². The molecule has 61 heavy (non-hydrogen) atoms. The number of hydrogen-bond donors (Lipinski definition) is 0. The zero-order valence-electron chi connectivity index (χ0n) is 33.2. The number of para-hydroxylation sites is 3. The van der Waals surface area contributed by atoms with E-state index in [0.29, 0.717) is 0 Å². The molecule has 0 aliphatic rings. The van der Waals surface area contributed by atoms with Crippen LogP contribution in [0.5, 0.6) is 0 Å². The maximum atomic E-state index is 2.46. The Bertz CT molecular complexity index is 3550. The van der Waals surface area contributed by atoms with Crippen molar-refractivity contribution in [1.29, 1.82) is 0 Å². The average Bonchev–Trinajstić information content (AvgIpc) is 3.88. The summed E-state index contributed by atoms with van der Waals surface area (Å²) in [5.74, 6) is 0. The lowest BCUT2D eigenvalue weighted by atomic mass is 9.97. The van der Waals surface area contributed by atoms with Crippen LogP contribution in [0.1, 0.15) is 0 Å². The minimum absolute atomic E-state index is 1.09.